The van der Waals surface area contributed by atoms with Gasteiger partial charge in [-0.25, -0.2) is 0 Å². The predicted octanol–water partition coefficient (Wildman–Crippen LogP) is 5.23. The number of unbranched alkanes of at least 4 members (excludes halogenated alkanes) is 1. The summed E-state index contributed by atoms with van der Waals surface area (Å²) in [7, 11) is 0. The third kappa shape index (κ3) is 6.57. The van der Waals surface area contributed by atoms with Crippen LogP contribution in [0.5, 0.6) is 5.75 Å². The SMILES string of the molecule is CC.O=C1CCc2ccc(OCCCCN3CCN(c4cccc(Cl)c4Cl)CC3)cc2N1CO. The highest BCUT2D eigenvalue weighted by atomic mass is 35.5. The Labute approximate surface area is 213 Å². The van der Waals surface area contributed by atoms with Crippen LogP contribution < -0.4 is 14.5 Å². The fourth-order valence-corrected chi connectivity index (χ4v) is 4.75. The van der Waals surface area contributed by atoms with Crippen LogP contribution in [0, 0.1) is 0 Å². The summed E-state index contributed by atoms with van der Waals surface area (Å²) in [6, 6.07) is 11.6. The molecule has 2 aromatic rings. The van der Waals surface area contributed by atoms with Gasteiger partial charge in [-0.3, -0.25) is 14.6 Å². The van der Waals surface area contributed by atoms with Crippen molar-refractivity contribution in [2.75, 3.05) is 55.9 Å². The number of halogens is 2. The first-order valence-electron chi connectivity index (χ1n) is 12.1. The van der Waals surface area contributed by atoms with Crippen LogP contribution in [0.2, 0.25) is 10.0 Å². The number of nitrogens with zero attached hydrogens (tertiary/aromatic N) is 3. The van der Waals surface area contributed by atoms with Gasteiger partial charge in [0.1, 0.15) is 12.5 Å². The lowest BCUT2D eigenvalue weighted by atomic mass is 10.0. The number of aliphatic hydroxyl groups is 1. The molecule has 2 heterocycles. The monoisotopic (exact) mass is 507 g/mol. The Morgan fingerprint density at radius 1 is 0.971 bits per heavy atom. The van der Waals surface area contributed by atoms with Gasteiger partial charge in [0.15, 0.2) is 0 Å². The molecule has 1 amide bonds. The van der Waals surface area contributed by atoms with E-state index in [0.29, 0.717) is 29.5 Å². The fourth-order valence-electron chi connectivity index (χ4n) is 4.34. The smallest absolute Gasteiger partial charge is 0.229 e. The first kappa shape index (κ1) is 26.6. The minimum atomic E-state index is -0.300. The lowest BCUT2D eigenvalue weighted by Gasteiger charge is -2.36. The fraction of sp³-hybridized carbons (Fsp3) is 0.500. The molecule has 4 rings (SSSR count). The molecule has 0 spiro atoms. The van der Waals surface area contributed by atoms with Gasteiger partial charge in [-0.2, -0.15) is 0 Å². The summed E-state index contributed by atoms with van der Waals surface area (Å²) in [5.74, 6) is 0.693. The van der Waals surface area contributed by atoms with Crippen LogP contribution in [0.3, 0.4) is 0 Å². The molecule has 1 saturated heterocycles. The molecule has 0 aliphatic carbocycles. The molecule has 34 heavy (non-hydrogen) atoms. The molecule has 1 N–H and O–H groups in total. The van der Waals surface area contributed by atoms with Gasteiger partial charge >= 0.3 is 0 Å². The van der Waals surface area contributed by atoms with Crippen molar-refractivity contribution in [3.05, 3.63) is 52.0 Å². The van der Waals surface area contributed by atoms with Crippen molar-refractivity contribution in [1.82, 2.24) is 4.90 Å². The number of rotatable bonds is 8. The number of carbonyl (C=O) groups is 1. The number of hydrogen-bond acceptors (Lipinski definition) is 5. The number of amides is 1. The van der Waals surface area contributed by atoms with E-state index in [1.54, 1.807) is 0 Å². The maximum atomic E-state index is 12.0. The van der Waals surface area contributed by atoms with E-state index in [9.17, 15) is 9.90 Å². The second-order valence-corrected chi connectivity index (χ2v) is 9.00. The molecule has 0 bridgehead atoms. The number of aryl methyl sites for hydroxylation is 1. The van der Waals surface area contributed by atoms with Crippen molar-refractivity contribution in [2.45, 2.75) is 39.5 Å². The van der Waals surface area contributed by atoms with Gasteiger partial charge in [0.2, 0.25) is 5.91 Å². The molecule has 0 aromatic heterocycles. The van der Waals surface area contributed by atoms with Crippen LogP contribution in [-0.4, -0.2) is 62.0 Å². The number of hydrogen-bond donors (Lipinski definition) is 1. The molecule has 0 unspecified atom stereocenters. The molecule has 186 valence electrons. The van der Waals surface area contributed by atoms with E-state index in [4.69, 9.17) is 27.9 Å². The van der Waals surface area contributed by atoms with Crippen molar-refractivity contribution >= 4 is 40.5 Å². The Morgan fingerprint density at radius 2 is 1.74 bits per heavy atom. The Bertz CT molecular complexity index is 949. The highest BCUT2D eigenvalue weighted by Gasteiger charge is 2.24. The zero-order valence-electron chi connectivity index (χ0n) is 20.1. The first-order valence-corrected chi connectivity index (χ1v) is 12.9. The number of carbonyl (C=O) groups excluding carboxylic acids is 1. The van der Waals surface area contributed by atoms with Crippen LogP contribution in [0.1, 0.15) is 38.7 Å². The number of anilines is 2. The van der Waals surface area contributed by atoms with E-state index < -0.39 is 0 Å². The average molecular weight is 508 g/mol. The quantitative estimate of drug-likeness (QED) is 0.495. The predicted molar refractivity (Wildman–Crippen MR) is 141 cm³/mol. The third-order valence-corrected chi connectivity index (χ3v) is 6.99. The van der Waals surface area contributed by atoms with Gasteiger partial charge in [0, 0.05) is 38.7 Å². The van der Waals surface area contributed by atoms with E-state index in [-0.39, 0.29) is 12.6 Å². The summed E-state index contributed by atoms with van der Waals surface area (Å²) in [4.78, 5) is 18.2. The summed E-state index contributed by atoms with van der Waals surface area (Å²) < 4.78 is 5.92. The van der Waals surface area contributed by atoms with E-state index in [0.717, 1.165) is 68.3 Å². The summed E-state index contributed by atoms with van der Waals surface area (Å²) >= 11 is 12.5. The number of benzene rings is 2. The van der Waals surface area contributed by atoms with Crippen LogP contribution in [0.4, 0.5) is 11.4 Å². The minimum absolute atomic E-state index is 0.0464. The zero-order chi connectivity index (χ0) is 24.5. The summed E-state index contributed by atoms with van der Waals surface area (Å²) in [5, 5.41) is 10.8. The van der Waals surface area contributed by atoms with Gasteiger partial charge in [0.25, 0.3) is 0 Å². The number of ether oxygens (including phenoxy) is 1. The van der Waals surface area contributed by atoms with Crippen LogP contribution in [0.25, 0.3) is 0 Å². The summed E-state index contributed by atoms with van der Waals surface area (Å²) in [6.07, 6.45) is 3.17. The first-order chi connectivity index (χ1) is 16.6. The molecular formula is C26H35Cl2N3O3. The second-order valence-electron chi connectivity index (χ2n) is 8.21. The molecular weight excluding hydrogens is 473 g/mol. The Hall–Kier alpha value is -1.99. The number of aliphatic hydroxyl groups excluding tert-OH is 1. The standard InChI is InChI=1S/C24H29Cl2N3O3.C2H6/c25-20-4-3-5-21(24(20)26)28-13-11-27(12-14-28)10-1-2-15-32-19-8-6-18-7-9-23(31)29(17-30)22(18)16-19;1-2/h3-6,8,16,30H,1-2,7,9-15,17H2;1-2H3. The molecule has 6 nitrogen and oxygen atoms in total. The van der Waals surface area contributed by atoms with Crippen molar-refractivity contribution in [3.8, 4) is 5.75 Å². The lowest BCUT2D eigenvalue weighted by Crippen LogP contribution is -2.46. The van der Waals surface area contributed by atoms with Gasteiger partial charge in [-0.05, 0) is 49.6 Å². The van der Waals surface area contributed by atoms with Gasteiger partial charge in [-0.1, -0.05) is 49.2 Å². The molecule has 2 aliphatic rings. The van der Waals surface area contributed by atoms with Gasteiger partial charge in [-0.15, -0.1) is 0 Å². The number of fused-ring (bicyclic) bond motifs is 1. The molecule has 8 heteroatoms. The third-order valence-electron chi connectivity index (χ3n) is 6.18. The molecule has 0 radical (unpaired) electrons. The Morgan fingerprint density at radius 3 is 2.47 bits per heavy atom. The summed E-state index contributed by atoms with van der Waals surface area (Å²) in [5.41, 5.74) is 2.85. The van der Waals surface area contributed by atoms with Crippen LogP contribution in [0.15, 0.2) is 36.4 Å². The van der Waals surface area contributed by atoms with Gasteiger partial charge in [0.05, 0.1) is 28.0 Å². The van der Waals surface area contributed by atoms with Crippen LogP contribution in [-0.2, 0) is 11.2 Å². The molecule has 2 aromatic carbocycles. The highest BCUT2D eigenvalue weighted by Crippen LogP contribution is 2.33. The minimum Gasteiger partial charge on any atom is -0.494 e. The topological polar surface area (TPSA) is 56.2 Å². The second kappa shape index (κ2) is 13.2. The normalized spacial score (nSPS) is 16.1. The van der Waals surface area contributed by atoms with E-state index >= 15 is 0 Å². The Kier molecular flexibility index (Phi) is 10.3. The summed E-state index contributed by atoms with van der Waals surface area (Å²) in [6.45, 7) is 9.24. The van der Waals surface area contributed by atoms with Crippen molar-refractivity contribution < 1.29 is 14.6 Å². The van der Waals surface area contributed by atoms with E-state index in [1.807, 2.05) is 50.2 Å². The highest BCUT2D eigenvalue weighted by molar-refractivity contribution is 6.43. The van der Waals surface area contributed by atoms with Crippen molar-refractivity contribution in [2.24, 2.45) is 0 Å². The largest absolute Gasteiger partial charge is 0.494 e. The average Bonchev–Trinajstić information content (AvgIpc) is 2.87. The zero-order valence-corrected chi connectivity index (χ0v) is 21.6. The van der Waals surface area contributed by atoms with Crippen LogP contribution >= 0.6 is 23.2 Å². The maximum Gasteiger partial charge on any atom is 0.229 e. The molecule has 1 fully saturated rings. The maximum absolute atomic E-state index is 12.0. The lowest BCUT2D eigenvalue weighted by molar-refractivity contribution is -0.119. The molecule has 2 aliphatic heterocycles. The van der Waals surface area contributed by atoms with E-state index in [1.165, 1.54) is 4.90 Å². The number of piperazine rings is 1. The van der Waals surface area contributed by atoms with E-state index in [2.05, 4.69) is 9.80 Å². The van der Waals surface area contributed by atoms with Crippen molar-refractivity contribution in [3.63, 3.8) is 0 Å². The Balaban J connectivity index is 0.00000158. The molecule has 0 atom stereocenters. The van der Waals surface area contributed by atoms with Gasteiger partial charge < -0.3 is 14.7 Å². The molecule has 0 saturated carbocycles. The van der Waals surface area contributed by atoms with Crippen molar-refractivity contribution in [1.29, 1.82) is 0 Å².